The van der Waals surface area contributed by atoms with E-state index in [1.54, 1.807) is 0 Å². The van der Waals surface area contributed by atoms with Crippen molar-refractivity contribution in [3.63, 3.8) is 0 Å². The highest BCUT2D eigenvalue weighted by atomic mass is 16.7. The molecule has 2 heteroatoms. The van der Waals surface area contributed by atoms with Gasteiger partial charge in [0.15, 0.2) is 5.79 Å². The lowest BCUT2D eigenvalue weighted by molar-refractivity contribution is -0.118. The molecule has 0 aliphatic carbocycles. The van der Waals surface area contributed by atoms with Crippen LogP contribution in [-0.4, -0.2) is 18.5 Å². The van der Waals surface area contributed by atoms with Gasteiger partial charge in [0, 0.05) is 0 Å². The Morgan fingerprint density at radius 3 is 3.22 bits per heavy atom. The van der Waals surface area contributed by atoms with Crippen LogP contribution >= 0.6 is 0 Å². The summed E-state index contributed by atoms with van der Waals surface area (Å²) in [6, 6.07) is 0. The van der Waals surface area contributed by atoms with Crippen molar-refractivity contribution in [1.29, 1.82) is 0 Å². The maximum atomic E-state index is 5.48. The fraction of sp³-hybridized carbons (Fsp3) is 0.714. The Labute approximate surface area is 54.5 Å². The number of hydrogen-bond acceptors (Lipinski definition) is 2. The van der Waals surface area contributed by atoms with Gasteiger partial charge in [0.25, 0.3) is 0 Å². The van der Waals surface area contributed by atoms with Crippen LogP contribution in [0.4, 0.5) is 0 Å². The van der Waals surface area contributed by atoms with Gasteiger partial charge < -0.3 is 9.47 Å². The van der Waals surface area contributed by atoms with Gasteiger partial charge in [0.05, 0.1) is 12.7 Å². The topological polar surface area (TPSA) is 18.5 Å². The van der Waals surface area contributed by atoms with E-state index >= 15 is 0 Å². The monoisotopic (exact) mass is 126 g/mol. The second-order valence-corrected chi connectivity index (χ2v) is 2.70. The van der Waals surface area contributed by atoms with E-state index in [4.69, 9.17) is 9.47 Å². The SMILES string of the molecule is CC12C=CCC(CO1)O2. The predicted octanol–water partition coefficient (Wildman–Crippen LogP) is 1.08. The van der Waals surface area contributed by atoms with Crippen LogP contribution < -0.4 is 0 Å². The molecule has 2 unspecified atom stereocenters. The van der Waals surface area contributed by atoms with E-state index < -0.39 is 0 Å². The van der Waals surface area contributed by atoms with E-state index in [1.807, 2.05) is 13.0 Å². The molecule has 0 aromatic carbocycles. The first kappa shape index (κ1) is 5.45. The molecule has 0 saturated carbocycles. The molecule has 2 nitrogen and oxygen atoms in total. The molecule has 9 heavy (non-hydrogen) atoms. The molecule has 0 N–H and O–H groups in total. The van der Waals surface area contributed by atoms with Gasteiger partial charge in [-0.1, -0.05) is 6.08 Å². The van der Waals surface area contributed by atoms with Crippen LogP contribution in [0.2, 0.25) is 0 Å². The summed E-state index contributed by atoms with van der Waals surface area (Å²) in [5.74, 6) is -0.386. The second-order valence-electron chi connectivity index (χ2n) is 2.70. The summed E-state index contributed by atoms with van der Waals surface area (Å²) in [7, 11) is 0. The Bertz CT molecular complexity index is 153. The molecule has 0 aromatic heterocycles. The summed E-state index contributed by atoms with van der Waals surface area (Å²) >= 11 is 0. The lowest BCUT2D eigenvalue weighted by atomic mass is 10.2. The summed E-state index contributed by atoms with van der Waals surface area (Å²) < 4.78 is 10.8. The van der Waals surface area contributed by atoms with E-state index in [-0.39, 0.29) is 5.79 Å². The van der Waals surface area contributed by atoms with Crippen LogP contribution in [0.25, 0.3) is 0 Å². The van der Waals surface area contributed by atoms with Crippen molar-refractivity contribution >= 4 is 0 Å². The van der Waals surface area contributed by atoms with Crippen molar-refractivity contribution in [1.82, 2.24) is 0 Å². The smallest absolute Gasteiger partial charge is 0.185 e. The van der Waals surface area contributed by atoms with Gasteiger partial charge in [-0.05, 0) is 19.4 Å². The van der Waals surface area contributed by atoms with Crippen molar-refractivity contribution < 1.29 is 9.47 Å². The lowest BCUT2D eigenvalue weighted by Crippen LogP contribution is -2.25. The first-order valence-electron chi connectivity index (χ1n) is 3.28. The van der Waals surface area contributed by atoms with Crippen molar-refractivity contribution in [3.05, 3.63) is 12.2 Å². The molecule has 1 saturated heterocycles. The molecule has 0 aromatic rings. The Kier molecular flexibility index (Phi) is 0.957. The molecule has 2 atom stereocenters. The van der Waals surface area contributed by atoms with E-state index in [0.29, 0.717) is 6.10 Å². The molecule has 0 radical (unpaired) electrons. The minimum absolute atomic E-state index is 0.319. The average molecular weight is 126 g/mol. The molecular formula is C7H10O2. The third kappa shape index (κ3) is 0.787. The number of fused-ring (bicyclic) bond motifs is 2. The molecule has 50 valence electrons. The van der Waals surface area contributed by atoms with E-state index in [1.165, 1.54) is 0 Å². The first-order valence-corrected chi connectivity index (χ1v) is 3.28. The number of rotatable bonds is 0. The minimum atomic E-state index is -0.386. The van der Waals surface area contributed by atoms with Crippen LogP contribution in [0.3, 0.4) is 0 Å². The van der Waals surface area contributed by atoms with Gasteiger partial charge >= 0.3 is 0 Å². The van der Waals surface area contributed by atoms with E-state index in [9.17, 15) is 0 Å². The molecule has 0 spiro atoms. The summed E-state index contributed by atoms with van der Waals surface area (Å²) in [5.41, 5.74) is 0. The number of ether oxygens (including phenoxy) is 2. The fourth-order valence-electron chi connectivity index (χ4n) is 1.29. The molecular weight excluding hydrogens is 116 g/mol. The largest absolute Gasteiger partial charge is 0.344 e. The molecule has 2 heterocycles. The van der Waals surface area contributed by atoms with Gasteiger partial charge in [-0.3, -0.25) is 0 Å². The van der Waals surface area contributed by atoms with Gasteiger partial charge in [-0.15, -0.1) is 0 Å². The Morgan fingerprint density at radius 2 is 2.56 bits per heavy atom. The highest BCUT2D eigenvalue weighted by molar-refractivity contribution is 5.03. The Balaban J connectivity index is 2.26. The van der Waals surface area contributed by atoms with Crippen LogP contribution in [0.5, 0.6) is 0 Å². The van der Waals surface area contributed by atoms with Crippen LogP contribution in [0.1, 0.15) is 13.3 Å². The quantitative estimate of drug-likeness (QED) is 0.452. The van der Waals surface area contributed by atoms with E-state index in [0.717, 1.165) is 13.0 Å². The van der Waals surface area contributed by atoms with Crippen molar-refractivity contribution in [2.75, 3.05) is 6.61 Å². The molecule has 2 aliphatic heterocycles. The third-order valence-corrected chi connectivity index (χ3v) is 1.78. The highest BCUT2D eigenvalue weighted by Crippen LogP contribution is 2.30. The van der Waals surface area contributed by atoms with Gasteiger partial charge in [-0.2, -0.15) is 0 Å². The zero-order chi connectivity index (χ0) is 6.32. The molecule has 0 amide bonds. The zero-order valence-corrected chi connectivity index (χ0v) is 5.46. The minimum Gasteiger partial charge on any atom is -0.344 e. The summed E-state index contributed by atoms with van der Waals surface area (Å²) in [6.07, 6.45) is 5.44. The molecule has 2 rings (SSSR count). The molecule has 2 bridgehead atoms. The lowest BCUT2D eigenvalue weighted by Gasteiger charge is -2.21. The maximum absolute atomic E-state index is 5.48. The summed E-state index contributed by atoms with van der Waals surface area (Å²) in [5, 5.41) is 0. The van der Waals surface area contributed by atoms with Gasteiger partial charge in [0.1, 0.15) is 0 Å². The molecule has 2 aliphatic rings. The standard InChI is InChI=1S/C7H10O2/c1-7-4-2-3-6(9-7)5-8-7/h2,4,6H,3,5H2,1H3. The van der Waals surface area contributed by atoms with Crippen molar-refractivity contribution in [2.24, 2.45) is 0 Å². The normalized spacial score (nSPS) is 47.9. The summed E-state index contributed by atoms with van der Waals surface area (Å²) in [4.78, 5) is 0. The highest BCUT2D eigenvalue weighted by Gasteiger charge is 2.36. The van der Waals surface area contributed by atoms with Gasteiger partial charge in [0.2, 0.25) is 0 Å². The summed E-state index contributed by atoms with van der Waals surface area (Å²) in [6.45, 7) is 2.70. The Hall–Kier alpha value is -0.340. The number of hydrogen-bond donors (Lipinski definition) is 0. The first-order chi connectivity index (χ1) is 4.29. The zero-order valence-electron chi connectivity index (χ0n) is 5.46. The third-order valence-electron chi connectivity index (χ3n) is 1.78. The van der Waals surface area contributed by atoms with Crippen molar-refractivity contribution in [3.8, 4) is 0 Å². The van der Waals surface area contributed by atoms with Crippen LogP contribution in [-0.2, 0) is 9.47 Å². The predicted molar refractivity (Wildman–Crippen MR) is 33.0 cm³/mol. The average Bonchev–Trinajstić information content (AvgIpc) is 2.07. The van der Waals surface area contributed by atoms with E-state index in [2.05, 4.69) is 6.08 Å². The Morgan fingerprint density at radius 1 is 1.67 bits per heavy atom. The maximum Gasteiger partial charge on any atom is 0.185 e. The van der Waals surface area contributed by atoms with Crippen LogP contribution in [0, 0.1) is 0 Å². The van der Waals surface area contributed by atoms with Gasteiger partial charge in [-0.25, -0.2) is 0 Å². The second kappa shape index (κ2) is 1.58. The van der Waals surface area contributed by atoms with Crippen molar-refractivity contribution in [2.45, 2.75) is 25.2 Å². The molecule has 1 fully saturated rings. The fourth-order valence-corrected chi connectivity index (χ4v) is 1.29. The van der Waals surface area contributed by atoms with Crippen LogP contribution in [0.15, 0.2) is 12.2 Å².